The number of hydrogen-bond acceptors (Lipinski definition) is 2. The highest BCUT2D eigenvalue weighted by Crippen LogP contribution is 2.24. The average molecular weight is 261 g/mol. The minimum Gasteiger partial charge on any atom is -0.340 e. The van der Waals surface area contributed by atoms with Gasteiger partial charge in [0, 0.05) is 11.9 Å². The first kappa shape index (κ1) is 12.5. The van der Waals surface area contributed by atoms with Crippen molar-refractivity contribution in [3.63, 3.8) is 0 Å². The monoisotopic (exact) mass is 260 g/mol. The molecule has 0 amide bonds. The number of aromatic amines is 1. The first-order valence-corrected chi connectivity index (χ1v) is 5.85. The number of nitrogens with zero attached hydrogens (tertiary/aromatic N) is 3. The van der Waals surface area contributed by atoms with Crippen LogP contribution in [-0.2, 0) is 6.54 Å². The van der Waals surface area contributed by atoms with Crippen molar-refractivity contribution >= 4 is 17.2 Å². The maximum atomic E-state index is 9.08. The fourth-order valence-corrected chi connectivity index (χ4v) is 2.19. The third kappa shape index (κ3) is 2.05. The van der Waals surface area contributed by atoms with E-state index in [4.69, 9.17) is 16.9 Å². The smallest absolute Gasteiger partial charge is 0.101 e. The molecule has 0 atom stereocenters. The Morgan fingerprint density at radius 1 is 1.67 bits per heavy atom. The van der Waals surface area contributed by atoms with Gasteiger partial charge in [-0.1, -0.05) is 18.2 Å². The van der Waals surface area contributed by atoms with Crippen LogP contribution in [0.1, 0.15) is 29.4 Å². The lowest BCUT2D eigenvalue weighted by Gasteiger charge is -2.09. The highest BCUT2D eigenvalue weighted by molar-refractivity contribution is 6.31. The molecule has 0 unspecified atom stereocenters. The molecule has 2 rings (SSSR count). The van der Waals surface area contributed by atoms with Crippen LogP contribution in [0.25, 0.3) is 5.57 Å². The number of halogens is 1. The van der Waals surface area contributed by atoms with Crippen LogP contribution in [0.2, 0.25) is 5.02 Å². The van der Waals surface area contributed by atoms with Crippen LogP contribution in [0.3, 0.4) is 0 Å². The van der Waals surface area contributed by atoms with Gasteiger partial charge in [0.2, 0.25) is 0 Å². The first-order valence-electron chi connectivity index (χ1n) is 5.48. The van der Waals surface area contributed by atoms with Crippen molar-refractivity contribution in [3.05, 3.63) is 46.5 Å². The van der Waals surface area contributed by atoms with Crippen molar-refractivity contribution < 1.29 is 0 Å². The normalized spacial score (nSPS) is 10.3. The van der Waals surface area contributed by atoms with E-state index in [2.05, 4.69) is 22.8 Å². The van der Waals surface area contributed by atoms with Crippen LogP contribution < -0.4 is 0 Å². The van der Waals surface area contributed by atoms with E-state index in [0.717, 1.165) is 22.5 Å². The summed E-state index contributed by atoms with van der Waals surface area (Å²) in [4.78, 5) is 0. The number of nitrogens with one attached hydrogen (secondary N) is 1. The van der Waals surface area contributed by atoms with Gasteiger partial charge in [-0.25, -0.2) is 0 Å². The van der Waals surface area contributed by atoms with E-state index >= 15 is 0 Å². The van der Waals surface area contributed by atoms with Crippen LogP contribution >= 0.6 is 11.6 Å². The first-order chi connectivity index (χ1) is 8.54. The number of aromatic nitrogens is 3. The Kier molecular flexibility index (Phi) is 3.26. The van der Waals surface area contributed by atoms with Crippen molar-refractivity contribution in [2.24, 2.45) is 0 Å². The molecule has 2 heterocycles. The Morgan fingerprint density at radius 2 is 2.39 bits per heavy atom. The molecule has 4 nitrogen and oxygen atoms in total. The molecule has 0 fully saturated rings. The maximum Gasteiger partial charge on any atom is 0.101 e. The second kappa shape index (κ2) is 4.71. The van der Waals surface area contributed by atoms with Crippen LogP contribution in [0.4, 0.5) is 0 Å². The molecule has 18 heavy (non-hydrogen) atoms. The van der Waals surface area contributed by atoms with Crippen LogP contribution in [0.5, 0.6) is 0 Å². The summed E-state index contributed by atoms with van der Waals surface area (Å²) in [5.74, 6) is 0. The van der Waals surface area contributed by atoms with E-state index in [1.807, 2.05) is 24.6 Å². The summed E-state index contributed by atoms with van der Waals surface area (Å²) < 4.78 is 1.97. The highest BCUT2D eigenvalue weighted by atomic mass is 35.5. The Hall–Kier alpha value is -1.99. The van der Waals surface area contributed by atoms with Crippen LogP contribution in [0, 0.1) is 18.3 Å². The Balaban J connectivity index is 2.48. The van der Waals surface area contributed by atoms with Gasteiger partial charge < -0.3 is 4.57 Å². The van der Waals surface area contributed by atoms with Gasteiger partial charge in [0.05, 0.1) is 29.0 Å². The van der Waals surface area contributed by atoms with Gasteiger partial charge in [0.25, 0.3) is 0 Å². The SMILES string of the molecule is C=C(C)c1c(C)c(C#N)cn1Cc1[nH]ncc1Cl. The number of allylic oxidation sites excluding steroid dienone is 1. The molecule has 92 valence electrons. The molecule has 0 aliphatic heterocycles. The summed E-state index contributed by atoms with van der Waals surface area (Å²) in [5, 5.41) is 16.4. The molecular weight excluding hydrogens is 248 g/mol. The lowest BCUT2D eigenvalue weighted by Crippen LogP contribution is -2.03. The molecule has 0 bridgehead atoms. The molecule has 0 spiro atoms. The summed E-state index contributed by atoms with van der Waals surface area (Å²) in [6, 6.07) is 2.18. The second-order valence-electron chi connectivity index (χ2n) is 4.23. The molecule has 2 aromatic rings. The zero-order valence-corrected chi connectivity index (χ0v) is 11.0. The largest absolute Gasteiger partial charge is 0.340 e. The Bertz CT molecular complexity index is 642. The lowest BCUT2D eigenvalue weighted by atomic mass is 10.1. The summed E-state index contributed by atoms with van der Waals surface area (Å²) in [7, 11) is 0. The molecule has 0 aliphatic rings. The molecule has 0 aromatic carbocycles. The minimum atomic E-state index is 0.545. The van der Waals surface area contributed by atoms with Gasteiger partial charge in [-0.2, -0.15) is 10.4 Å². The summed E-state index contributed by atoms with van der Waals surface area (Å²) in [6.45, 7) is 8.35. The van der Waals surface area contributed by atoms with Crippen molar-refractivity contribution in [1.82, 2.24) is 14.8 Å². The standard InChI is InChI=1S/C13H13ClN4/c1-8(2)13-9(3)10(4-15)6-18(13)7-12-11(14)5-16-17-12/h5-6H,1,7H2,2-3H3,(H,16,17). The van der Waals surface area contributed by atoms with E-state index < -0.39 is 0 Å². The van der Waals surface area contributed by atoms with E-state index in [1.165, 1.54) is 0 Å². The fourth-order valence-electron chi connectivity index (χ4n) is 2.04. The summed E-state index contributed by atoms with van der Waals surface area (Å²) >= 11 is 6.01. The van der Waals surface area contributed by atoms with Crippen LogP contribution in [-0.4, -0.2) is 14.8 Å². The second-order valence-corrected chi connectivity index (χ2v) is 4.64. The Morgan fingerprint density at radius 3 is 2.89 bits per heavy atom. The average Bonchev–Trinajstić information content (AvgIpc) is 2.84. The van der Waals surface area contributed by atoms with Crippen molar-refractivity contribution in [1.29, 1.82) is 5.26 Å². The van der Waals surface area contributed by atoms with E-state index in [0.29, 0.717) is 17.1 Å². The van der Waals surface area contributed by atoms with Crippen molar-refractivity contribution in [3.8, 4) is 6.07 Å². The zero-order chi connectivity index (χ0) is 13.3. The van der Waals surface area contributed by atoms with Crippen molar-refractivity contribution in [2.75, 3.05) is 0 Å². The van der Waals surface area contributed by atoms with E-state index in [1.54, 1.807) is 6.20 Å². The summed E-state index contributed by atoms with van der Waals surface area (Å²) in [6.07, 6.45) is 3.38. The molecule has 0 saturated heterocycles. The third-order valence-corrected chi connectivity index (χ3v) is 3.18. The van der Waals surface area contributed by atoms with Gasteiger partial charge >= 0.3 is 0 Å². The fraction of sp³-hybridized carbons (Fsp3) is 0.231. The topological polar surface area (TPSA) is 57.4 Å². The molecule has 1 N–H and O–H groups in total. The minimum absolute atomic E-state index is 0.545. The predicted octanol–water partition coefficient (Wildman–Crippen LogP) is 3.13. The van der Waals surface area contributed by atoms with Gasteiger partial charge in [0.1, 0.15) is 6.07 Å². The van der Waals surface area contributed by atoms with Gasteiger partial charge in [-0.05, 0) is 25.0 Å². The molecular formula is C13H13ClN4. The lowest BCUT2D eigenvalue weighted by molar-refractivity contribution is 0.762. The number of nitriles is 1. The van der Waals surface area contributed by atoms with E-state index in [-0.39, 0.29) is 0 Å². The molecule has 2 aromatic heterocycles. The highest BCUT2D eigenvalue weighted by Gasteiger charge is 2.14. The predicted molar refractivity (Wildman–Crippen MR) is 71.3 cm³/mol. The molecule has 5 heteroatoms. The van der Waals surface area contributed by atoms with Crippen molar-refractivity contribution in [2.45, 2.75) is 20.4 Å². The summed E-state index contributed by atoms with van der Waals surface area (Å²) in [5.41, 5.74) is 4.31. The van der Waals surface area contributed by atoms with Crippen LogP contribution in [0.15, 0.2) is 19.0 Å². The number of hydrogen-bond donors (Lipinski definition) is 1. The molecule has 0 aliphatic carbocycles. The van der Waals surface area contributed by atoms with E-state index in [9.17, 15) is 0 Å². The molecule has 0 radical (unpaired) electrons. The molecule has 0 saturated carbocycles. The van der Waals surface area contributed by atoms with Gasteiger partial charge in [0.15, 0.2) is 0 Å². The quantitative estimate of drug-likeness (QED) is 0.922. The maximum absolute atomic E-state index is 9.08. The Labute approximate surface area is 111 Å². The zero-order valence-electron chi connectivity index (χ0n) is 10.3. The number of rotatable bonds is 3. The third-order valence-electron chi connectivity index (χ3n) is 2.85. The van der Waals surface area contributed by atoms with Gasteiger partial charge in [-0.15, -0.1) is 0 Å². The van der Waals surface area contributed by atoms with Gasteiger partial charge in [-0.3, -0.25) is 5.10 Å². The number of H-pyrrole nitrogens is 1.